The van der Waals surface area contributed by atoms with E-state index < -0.39 is 23.7 Å². The molecule has 1 heterocycles. The SMILES string of the molecule is Cc1ccccc1C(=O)NC1(C(F)(F)F)N=C(c2ccccc2)N(C2CCCC2)C1=O. The summed E-state index contributed by atoms with van der Waals surface area (Å²) < 4.78 is 43.3. The molecule has 5 nitrogen and oxygen atoms in total. The van der Waals surface area contributed by atoms with E-state index in [4.69, 9.17) is 0 Å². The number of carbonyl (C=O) groups excluding carboxylic acids is 2. The lowest BCUT2D eigenvalue weighted by atomic mass is 10.0. The number of nitrogens with one attached hydrogen (secondary N) is 1. The van der Waals surface area contributed by atoms with Crippen LogP contribution in [0, 0.1) is 6.92 Å². The van der Waals surface area contributed by atoms with Crippen molar-refractivity contribution in [2.45, 2.75) is 50.5 Å². The number of amidine groups is 1. The van der Waals surface area contributed by atoms with Gasteiger partial charge in [0.25, 0.3) is 11.8 Å². The van der Waals surface area contributed by atoms with Crippen LogP contribution in [0.3, 0.4) is 0 Å². The largest absolute Gasteiger partial charge is 0.442 e. The molecule has 1 fully saturated rings. The van der Waals surface area contributed by atoms with E-state index in [-0.39, 0.29) is 17.4 Å². The van der Waals surface area contributed by atoms with E-state index in [1.165, 1.54) is 6.07 Å². The third kappa shape index (κ3) is 3.60. The average molecular weight is 429 g/mol. The number of benzene rings is 2. The quantitative estimate of drug-likeness (QED) is 0.791. The first-order valence-electron chi connectivity index (χ1n) is 10.2. The summed E-state index contributed by atoms with van der Waals surface area (Å²) in [4.78, 5) is 31.3. The highest BCUT2D eigenvalue weighted by atomic mass is 19.4. The molecule has 1 N–H and O–H groups in total. The molecule has 0 spiro atoms. The fourth-order valence-electron chi connectivity index (χ4n) is 4.22. The van der Waals surface area contributed by atoms with Crippen LogP contribution in [-0.2, 0) is 4.79 Å². The van der Waals surface area contributed by atoms with Gasteiger partial charge in [0.1, 0.15) is 5.84 Å². The summed E-state index contributed by atoms with van der Waals surface area (Å²) in [5.74, 6) is -2.30. The highest BCUT2D eigenvalue weighted by molar-refractivity contribution is 6.17. The van der Waals surface area contributed by atoms with E-state index in [0.717, 1.165) is 17.7 Å². The molecule has 1 unspecified atom stereocenters. The fourth-order valence-corrected chi connectivity index (χ4v) is 4.22. The molecule has 2 aliphatic rings. The average Bonchev–Trinajstić information content (AvgIpc) is 3.35. The van der Waals surface area contributed by atoms with E-state index in [1.54, 1.807) is 55.5 Å². The van der Waals surface area contributed by atoms with Gasteiger partial charge >= 0.3 is 11.8 Å². The molecule has 0 aromatic heterocycles. The molecule has 2 aromatic carbocycles. The van der Waals surface area contributed by atoms with Crippen molar-refractivity contribution in [3.63, 3.8) is 0 Å². The summed E-state index contributed by atoms with van der Waals surface area (Å²) in [7, 11) is 0. The summed E-state index contributed by atoms with van der Waals surface area (Å²) in [5.41, 5.74) is -2.39. The standard InChI is InChI=1S/C23H22F3N3O2/c1-15-9-5-8-14-18(15)20(30)28-22(23(24,25)26)21(31)29(17-12-6-7-13-17)19(27-22)16-10-3-2-4-11-16/h2-5,8-11,14,17H,6-7,12-13H2,1H3,(H,28,30). The van der Waals surface area contributed by atoms with Crippen molar-refractivity contribution in [1.29, 1.82) is 0 Å². The van der Waals surface area contributed by atoms with Crippen molar-refractivity contribution < 1.29 is 22.8 Å². The number of nitrogens with zero attached hydrogens (tertiary/aromatic N) is 2. The zero-order valence-corrected chi connectivity index (χ0v) is 16.9. The van der Waals surface area contributed by atoms with Crippen LogP contribution in [0.5, 0.6) is 0 Å². The molecule has 1 aliphatic carbocycles. The minimum absolute atomic E-state index is 0.0556. The van der Waals surface area contributed by atoms with E-state index in [9.17, 15) is 22.8 Å². The summed E-state index contributed by atoms with van der Waals surface area (Å²) in [5, 5.41) is 1.95. The second-order valence-corrected chi connectivity index (χ2v) is 7.89. The van der Waals surface area contributed by atoms with E-state index in [1.807, 2.05) is 5.32 Å². The lowest BCUT2D eigenvalue weighted by Gasteiger charge is -2.31. The van der Waals surface area contributed by atoms with Gasteiger partial charge in [0, 0.05) is 17.2 Å². The Morgan fingerprint density at radius 1 is 1.06 bits per heavy atom. The Labute approximate surface area is 178 Å². The number of aryl methyl sites for hydroxylation is 1. The van der Waals surface area contributed by atoms with Crippen LogP contribution < -0.4 is 5.32 Å². The molecular weight excluding hydrogens is 407 g/mol. The third-order valence-corrected chi connectivity index (χ3v) is 5.85. The van der Waals surface area contributed by atoms with E-state index in [0.29, 0.717) is 24.0 Å². The molecule has 162 valence electrons. The first kappa shape index (κ1) is 21.1. The smallest absolute Gasteiger partial charge is 0.312 e. The van der Waals surface area contributed by atoms with Crippen LogP contribution in [-0.4, -0.2) is 40.4 Å². The summed E-state index contributed by atoms with van der Waals surface area (Å²) >= 11 is 0. The molecule has 1 atom stereocenters. The van der Waals surface area contributed by atoms with Crippen molar-refractivity contribution in [2.75, 3.05) is 0 Å². The van der Waals surface area contributed by atoms with Gasteiger partial charge in [-0.05, 0) is 31.4 Å². The Kier molecular flexibility index (Phi) is 5.33. The molecule has 1 aliphatic heterocycles. The Hall–Kier alpha value is -3.16. The first-order valence-corrected chi connectivity index (χ1v) is 10.2. The van der Waals surface area contributed by atoms with Crippen LogP contribution in [0.4, 0.5) is 13.2 Å². The zero-order valence-electron chi connectivity index (χ0n) is 16.9. The molecule has 0 saturated heterocycles. The molecule has 2 amide bonds. The summed E-state index contributed by atoms with van der Waals surface area (Å²) in [6.07, 6.45) is -2.28. The molecular formula is C23H22F3N3O2. The number of amides is 2. The van der Waals surface area contributed by atoms with Gasteiger partial charge in [0.2, 0.25) is 0 Å². The van der Waals surface area contributed by atoms with Crippen molar-refractivity contribution in [3.05, 3.63) is 71.3 Å². The molecule has 0 radical (unpaired) electrons. The Morgan fingerprint density at radius 2 is 1.68 bits per heavy atom. The summed E-state index contributed by atoms with van der Waals surface area (Å²) in [6.45, 7) is 1.62. The van der Waals surface area contributed by atoms with Crippen molar-refractivity contribution in [1.82, 2.24) is 10.2 Å². The maximum absolute atomic E-state index is 14.4. The number of alkyl halides is 3. The van der Waals surface area contributed by atoms with Gasteiger partial charge in [-0.3, -0.25) is 14.5 Å². The number of hydrogen-bond acceptors (Lipinski definition) is 3. The van der Waals surface area contributed by atoms with Crippen LogP contribution in [0.15, 0.2) is 59.6 Å². The minimum Gasteiger partial charge on any atom is -0.312 e. The lowest BCUT2D eigenvalue weighted by Crippen LogP contribution is -2.64. The Balaban J connectivity index is 1.82. The monoisotopic (exact) mass is 429 g/mol. The van der Waals surface area contributed by atoms with Crippen molar-refractivity contribution >= 4 is 17.6 Å². The summed E-state index contributed by atoms with van der Waals surface area (Å²) in [6, 6.07) is 14.2. The minimum atomic E-state index is -5.12. The van der Waals surface area contributed by atoms with Gasteiger partial charge < -0.3 is 5.32 Å². The van der Waals surface area contributed by atoms with Gasteiger partial charge in [0.05, 0.1) is 0 Å². The van der Waals surface area contributed by atoms with Crippen LogP contribution in [0.25, 0.3) is 0 Å². The van der Waals surface area contributed by atoms with Crippen LogP contribution in [0.2, 0.25) is 0 Å². The van der Waals surface area contributed by atoms with Gasteiger partial charge in [-0.25, -0.2) is 4.99 Å². The maximum atomic E-state index is 14.4. The van der Waals surface area contributed by atoms with E-state index >= 15 is 0 Å². The van der Waals surface area contributed by atoms with Gasteiger partial charge in [-0.15, -0.1) is 0 Å². The van der Waals surface area contributed by atoms with Crippen LogP contribution in [0.1, 0.15) is 47.2 Å². The second-order valence-electron chi connectivity index (χ2n) is 7.89. The van der Waals surface area contributed by atoms with Gasteiger partial charge in [-0.2, -0.15) is 13.2 Å². The molecule has 4 rings (SSSR count). The zero-order chi connectivity index (χ0) is 22.2. The number of halogens is 3. The number of aliphatic imine (C=N–C) groups is 1. The Bertz CT molecular complexity index is 1030. The highest BCUT2D eigenvalue weighted by Gasteiger charge is 2.68. The van der Waals surface area contributed by atoms with E-state index in [2.05, 4.69) is 4.99 Å². The highest BCUT2D eigenvalue weighted by Crippen LogP contribution is 2.41. The number of hydrogen-bond donors (Lipinski definition) is 1. The first-order chi connectivity index (χ1) is 14.7. The van der Waals surface area contributed by atoms with Gasteiger partial charge in [-0.1, -0.05) is 61.4 Å². The molecule has 0 bridgehead atoms. The van der Waals surface area contributed by atoms with Crippen molar-refractivity contribution in [3.8, 4) is 0 Å². The topological polar surface area (TPSA) is 61.8 Å². The third-order valence-electron chi connectivity index (χ3n) is 5.85. The Morgan fingerprint density at radius 3 is 2.29 bits per heavy atom. The molecule has 2 aromatic rings. The molecule has 8 heteroatoms. The fraction of sp³-hybridized carbons (Fsp3) is 0.348. The maximum Gasteiger partial charge on any atom is 0.442 e. The predicted molar refractivity (Wildman–Crippen MR) is 110 cm³/mol. The number of carbonyl (C=O) groups is 2. The molecule has 31 heavy (non-hydrogen) atoms. The lowest BCUT2D eigenvalue weighted by molar-refractivity contribution is -0.196. The predicted octanol–water partition coefficient (Wildman–Crippen LogP) is 4.22. The number of rotatable bonds is 4. The van der Waals surface area contributed by atoms with Crippen molar-refractivity contribution in [2.24, 2.45) is 4.99 Å². The molecule has 1 saturated carbocycles. The normalized spacial score (nSPS) is 22.0. The second kappa shape index (κ2) is 7.83. The van der Waals surface area contributed by atoms with Gasteiger partial charge in [0.15, 0.2) is 0 Å². The van der Waals surface area contributed by atoms with Crippen LogP contribution >= 0.6 is 0 Å².